The first-order chi connectivity index (χ1) is 10.1. The molecule has 0 aliphatic carbocycles. The monoisotopic (exact) mass is 302 g/mol. The van der Waals surface area contributed by atoms with E-state index in [0.717, 1.165) is 11.3 Å². The van der Waals surface area contributed by atoms with E-state index >= 15 is 0 Å². The number of nitrogens with one attached hydrogen (secondary N) is 1. The Morgan fingerprint density at radius 2 is 1.76 bits per heavy atom. The second-order valence-corrected chi connectivity index (χ2v) is 5.00. The van der Waals surface area contributed by atoms with E-state index in [0.29, 0.717) is 28.6 Å². The fourth-order valence-electron chi connectivity index (χ4n) is 1.99. The first kappa shape index (κ1) is 15.1. The van der Waals surface area contributed by atoms with E-state index in [-0.39, 0.29) is 0 Å². The highest BCUT2D eigenvalue weighted by Crippen LogP contribution is 2.34. The standard InChI is InChI=1S/C16H18N2O2S/c1-19-14-10-13(15(20-2)9-12(14)17)18-16(21)8-11-6-4-3-5-7-11/h3-7,9-10H,8,17H2,1-2H3,(H,18,21). The van der Waals surface area contributed by atoms with Crippen LogP contribution in [0.15, 0.2) is 42.5 Å². The summed E-state index contributed by atoms with van der Waals surface area (Å²) in [5.74, 6) is 1.21. The molecule has 0 aliphatic rings. The molecule has 3 N–H and O–H groups in total. The Balaban J connectivity index is 2.16. The van der Waals surface area contributed by atoms with Gasteiger partial charge in [-0.25, -0.2) is 0 Å². The molecule has 2 rings (SSSR count). The Morgan fingerprint density at radius 1 is 1.10 bits per heavy atom. The van der Waals surface area contributed by atoms with E-state index in [1.54, 1.807) is 26.4 Å². The number of anilines is 2. The van der Waals surface area contributed by atoms with Crippen LogP contribution in [-0.4, -0.2) is 19.2 Å². The molecule has 0 aromatic heterocycles. The van der Waals surface area contributed by atoms with Gasteiger partial charge < -0.3 is 20.5 Å². The highest BCUT2D eigenvalue weighted by atomic mass is 32.1. The molecule has 0 radical (unpaired) electrons. The van der Waals surface area contributed by atoms with Crippen molar-refractivity contribution in [2.75, 3.05) is 25.3 Å². The van der Waals surface area contributed by atoms with Crippen molar-refractivity contribution in [2.24, 2.45) is 0 Å². The minimum absolute atomic E-state index is 0.522. The topological polar surface area (TPSA) is 56.5 Å². The molecular formula is C16H18N2O2S. The van der Waals surface area contributed by atoms with Gasteiger partial charge in [-0.1, -0.05) is 42.5 Å². The molecule has 21 heavy (non-hydrogen) atoms. The van der Waals surface area contributed by atoms with E-state index < -0.39 is 0 Å². The zero-order valence-corrected chi connectivity index (χ0v) is 12.9. The Bertz CT molecular complexity index is 630. The summed E-state index contributed by atoms with van der Waals surface area (Å²) in [4.78, 5) is 0.700. The number of hydrogen-bond acceptors (Lipinski definition) is 4. The Kier molecular flexibility index (Phi) is 5.00. The highest BCUT2D eigenvalue weighted by molar-refractivity contribution is 7.80. The van der Waals surface area contributed by atoms with Gasteiger partial charge in [-0.05, 0) is 5.56 Å². The van der Waals surface area contributed by atoms with Crippen molar-refractivity contribution in [2.45, 2.75) is 6.42 Å². The van der Waals surface area contributed by atoms with E-state index in [9.17, 15) is 0 Å². The largest absolute Gasteiger partial charge is 0.495 e. The SMILES string of the molecule is COc1cc(NC(=S)Cc2ccccc2)c(OC)cc1N. The van der Waals surface area contributed by atoms with Crippen LogP contribution in [0.5, 0.6) is 11.5 Å². The van der Waals surface area contributed by atoms with Crippen LogP contribution in [0.1, 0.15) is 5.56 Å². The van der Waals surface area contributed by atoms with Gasteiger partial charge in [-0.2, -0.15) is 0 Å². The van der Waals surface area contributed by atoms with Gasteiger partial charge >= 0.3 is 0 Å². The number of nitrogens with two attached hydrogens (primary N) is 1. The first-order valence-electron chi connectivity index (χ1n) is 6.49. The lowest BCUT2D eigenvalue weighted by atomic mass is 10.1. The first-order valence-corrected chi connectivity index (χ1v) is 6.90. The summed E-state index contributed by atoms with van der Waals surface area (Å²) in [5.41, 5.74) is 8.28. The lowest BCUT2D eigenvalue weighted by molar-refractivity contribution is 0.407. The average molecular weight is 302 g/mol. The third kappa shape index (κ3) is 3.86. The maximum absolute atomic E-state index is 5.87. The molecule has 0 heterocycles. The van der Waals surface area contributed by atoms with Gasteiger partial charge in [0, 0.05) is 18.6 Å². The number of thiocarbonyl (C=S) groups is 1. The smallest absolute Gasteiger partial charge is 0.144 e. The van der Waals surface area contributed by atoms with Gasteiger partial charge in [0.05, 0.1) is 30.6 Å². The van der Waals surface area contributed by atoms with E-state index in [2.05, 4.69) is 5.32 Å². The minimum atomic E-state index is 0.522. The molecule has 0 unspecified atom stereocenters. The van der Waals surface area contributed by atoms with Crippen LogP contribution in [0.3, 0.4) is 0 Å². The number of benzene rings is 2. The maximum Gasteiger partial charge on any atom is 0.144 e. The van der Waals surface area contributed by atoms with E-state index in [4.69, 9.17) is 27.4 Å². The summed E-state index contributed by atoms with van der Waals surface area (Å²) >= 11 is 5.40. The number of ether oxygens (including phenoxy) is 2. The van der Waals surface area contributed by atoms with Crippen LogP contribution >= 0.6 is 12.2 Å². The third-order valence-electron chi connectivity index (χ3n) is 3.03. The molecule has 2 aromatic rings. The predicted molar refractivity (Wildman–Crippen MR) is 90.3 cm³/mol. The number of hydrogen-bond donors (Lipinski definition) is 2. The fraction of sp³-hybridized carbons (Fsp3) is 0.188. The number of rotatable bonds is 5. The van der Waals surface area contributed by atoms with Crippen LogP contribution in [0.2, 0.25) is 0 Å². The van der Waals surface area contributed by atoms with Gasteiger partial charge in [-0.15, -0.1) is 0 Å². The van der Waals surface area contributed by atoms with Crippen molar-refractivity contribution >= 4 is 28.6 Å². The van der Waals surface area contributed by atoms with Crippen LogP contribution in [0.25, 0.3) is 0 Å². The summed E-state index contributed by atoms with van der Waals surface area (Å²) in [5, 5.41) is 3.18. The molecule has 0 aliphatic heterocycles. The third-order valence-corrected chi connectivity index (χ3v) is 3.28. The zero-order valence-electron chi connectivity index (χ0n) is 12.1. The Morgan fingerprint density at radius 3 is 2.38 bits per heavy atom. The van der Waals surface area contributed by atoms with Crippen LogP contribution in [0.4, 0.5) is 11.4 Å². The average Bonchev–Trinajstić information content (AvgIpc) is 2.49. The van der Waals surface area contributed by atoms with Crippen LogP contribution < -0.4 is 20.5 Å². The molecule has 0 bridgehead atoms. The summed E-state index contributed by atoms with van der Waals surface area (Å²) in [6.45, 7) is 0. The van der Waals surface area contributed by atoms with Crippen LogP contribution in [-0.2, 0) is 6.42 Å². The summed E-state index contributed by atoms with van der Waals surface area (Å²) < 4.78 is 10.5. The molecular weight excluding hydrogens is 284 g/mol. The molecule has 0 amide bonds. The summed E-state index contributed by atoms with van der Waals surface area (Å²) in [6, 6.07) is 13.5. The molecule has 0 fully saturated rings. The van der Waals surface area contributed by atoms with E-state index in [1.165, 1.54) is 0 Å². The normalized spacial score (nSPS) is 10.0. The van der Waals surface area contributed by atoms with Crippen molar-refractivity contribution in [1.82, 2.24) is 0 Å². The lowest BCUT2D eigenvalue weighted by Gasteiger charge is -2.15. The van der Waals surface area contributed by atoms with Gasteiger partial charge in [0.1, 0.15) is 11.5 Å². The molecule has 4 nitrogen and oxygen atoms in total. The van der Waals surface area contributed by atoms with Crippen molar-refractivity contribution in [3.8, 4) is 11.5 Å². The summed E-state index contributed by atoms with van der Waals surface area (Å²) in [6.07, 6.45) is 0.659. The quantitative estimate of drug-likeness (QED) is 0.656. The molecule has 110 valence electrons. The Hall–Kier alpha value is -2.27. The predicted octanol–water partition coefficient (Wildman–Crippen LogP) is 3.27. The molecule has 0 saturated carbocycles. The molecule has 0 spiro atoms. The van der Waals surface area contributed by atoms with Crippen molar-refractivity contribution < 1.29 is 9.47 Å². The number of methoxy groups -OCH3 is 2. The lowest BCUT2D eigenvalue weighted by Crippen LogP contribution is -2.13. The van der Waals surface area contributed by atoms with Crippen molar-refractivity contribution in [3.05, 3.63) is 48.0 Å². The van der Waals surface area contributed by atoms with Gasteiger partial charge in [0.15, 0.2) is 0 Å². The number of nitrogen functional groups attached to an aromatic ring is 1. The minimum Gasteiger partial charge on any atom is -0.495 e. The van der Waals surface area contributed by atoms with E-state index in [1.807, 2.05) is 30.3 Å². The zero-order chi connectivity index (χ0) is 15.2. The molecule has 0 saturated heterocycles. The second-order valence-electron chi connectivity index (χ2n) is 4.50. The fourth-order valence-corrected chi connectivity index (χ4v) is 2.27. The maximum atomic E-state index is 5.87. The second kappa shape index (κ2) is 6.95. The highest BCUT2D eigenvalue weighted by Gasteiger charge is 2.10. The Labute approximate surface area is 129 Å². The van der Waals surface area contributed by atoms with Gasteiger partial charge in [-0.3, -0.25) is 0 Å². The van der Waals surface area contributed by atoms with Gasteiger partial charge in [0.25, 0.3) is 0 Å². The summed E-state index contributed by atoms with van der Waals surface area (Å²) in [7, 11) is 3.16. The van der Waals surface area contributed by atoms with Crippen molar-refractivity contribution in [3.63, 3.8) is 0 Å². The van der Waals surface area contributed by atoms with Crippen molar-refractivity contribution in [1.29, 1.82) is 0 Å². The molecule has 2 aromatic carbocycles. The molecule has 5 heteroatoms. The molecule has 0 atom stereocenters. The van der Waals surface area contributed by atoms with Crippen LogP contribution in [0, 0.1) is 0 Å². The van der Waals surface area contributed by atoms with Gasteiger partial charge in [0.2, 0.25) is 0 Å².